The van der Waals surface area contributed by atoms with Crippen LogP contribution >= 0.6 is 0 Å². The zero-order valence-corrected chi connectivity index (χ0v) is 11.7. The largest absolute Gasteiger partial charge is 0.300 e. The van der Waals surface area contributed by atoms with Crippen LogP contribution in [-0.4, -0.2) is 24.0 Å². The van der Waals surface area contributed by atoms with Gasteiger partial charge >= 0.3 is 0 Å². The maximum absolute atomic E-state index is 2.76. The summed E-state index contributed by atoms with van der Waals surface area (Å²) in [7, 11) is 0. The van der Waals surface area contributed by atoms with Crippen molar-refractivity contribution in [3.8, 4) is 0 Å². The second-order valence-corrected chi connectivity index (χ2v) is 5.69. The molecule has 1 heteroatoms. The van der Waals surface area contributed by atoms with E-state index in [9.17, 15) is 0 Å². The first kappa shape index (κ1) is 14.0. The first-order valence-corrected chi connectivity index (χ1v) is 7.52. The van der Waals surface area contributed by atoms with E-state index in [1.54, 1.807) is 0 Å². The van der Waals surface area contributed by atoms with Gasteiger partial charge in [-0.2, -0.15) is 0 Å². The van der Waals surface area contributed by atoms with Gasteiger partial charge in [0.25, 0.3) is 0 Å². The topological polar surface area (TPSA) is 3.24 Å². The Balaban J connectivity index is 2.20. The lowest BCUT2D eigenvalue weighted by Crippen LogP contribution is -2.30. The summed E-state index contributed by atoms with van der Waals surface area (Å²) in [6, 6.07) is 0.915. The van der Waals surface area contributed by atoms with Crippen LogP contribution in [0.3, 0.4) is 0 Å². The maximum Gasteiger partial charge on any atom is 0.00983 e. The van der Waals surface area contributed by atoms with E-state index >= 15 is 0 Å². The molecule has 1 aliphatic rings. The third kappa shape index (κ3) is 4.86. The summed E-state index contributed by atoms with van der Waals surface area (Å²) in [4.78, 5) is 2.76. The predicted molar refractivity (Wildman–Crippen MR) is 72.8 cm³/mol. The minimum absolute atomic E-state index is 0.915. The quantitative estimate of drug-likeness (QED) is 0.551. The second-order valence-electron chi connectivity index (χ2n) is 5.69. The standard InChI is InChI=1S/C15H31N/c1-4-6-8-9-10-15-12-14(3)13-16(15)11-7-5-2/h14-15H,4-13H2,1-3H3/t14-,15-/m1/s1. The average molecular weight is 225 g/mol. The molecule has 16 heavy (non-hydrogen) atoms. The molecule has 1 saturated heterocycles. The maximum atomic E-state index is 2.76. The Hall–Kier alpha value is -0.0400. The van der Waals surface area contributed by atoms with Crippen molar-refractivity contribution < 1.29 is 0 Å². The van der Waals surface area contributed by atoms with Crippen molar-refractivity contribution in [1.82, 2.24) is 4.90 Å². The lowest BCUT2D eigenvalue weighted by molar-refractivity contribution is 0.233. The van der Waals surface area contributed by atoms with Crippen molar-refractivity contribution in [3.05, 3.63) is 0 Å². The van der Waals surface area contributed by atoms with Gasteiger partial charge < -0.3 is 4.90 Å². The Labute approximate surface area is 103 Å². The lowest BCUT2D eigenvalue weighted by Gasteiger charge is -2.24. The lowest BCUT2D eigenvalue weighted by atomic mass is 10.0. The van der Waals surface area contributed by atoms with Crippen LogP contribution in [0.4, 0.5) is 0 Å². The van der Waals surface area contributed by atoms with Crippen molar-refractivity contribution in [3.63, 3.8) is 0 Å². The van der Waals surface area contributed by atoms with Gasteiger partial charge in [-0.15, -0.1) is 0 Å². The zero-order valence-electron chi connectivity index (χ0n) is 11.7. The highest BCUT2D eigenvalue weighted by Crippen LogP contribution is 2.26. The summed E-state index contributed by atoms with van der Waals surface area (Å²) in [5.74, 6) is 0.938. The molecule has 0 bridgehead atoms. The van der Waals surface area contributed by atoms with E-state index in [0.29, 0.717) is 0 Å². The fourth-order valence-corrected chi connectivity index (χ4v) is 2.98. The van der Waals surface area contributed by atoms with Crippen LogP contribution in [-0.2, 0) is 0 Å². The number of likely N-dealkylation sites (tertiary alicyclic amines) is 1. The van der Waals surface area contributed by atoms with Gasteiger partial charge in [0.2, 0.25) is 0 Å². The fourth-order valence-electron chi connectivity index (χ4n) is 2.98. The van der Waals surface area contributed by atoms with Gasteiger partial charge in [0.05, 0.1) is 0 Å². The molecular formula is C15H31N. The highest BCUT2D eigenvalue weighted by molar-refractivity contribution is 4.83. The van der Waals surface area contributed by atoms with Gasteiger partial charge in [0, 0.05) is 12.6 Å². The molecule has 1 fully saturated rings. The Bertz CT molecular complexity index is 167. The molecule has 0 aromatic rings. The van der Waals surface area contributed by atoms with E-state index in [4.69, 9.17) is 0 Å². The second kappa shape index (κ2) is 8.11. The number of hydrogen-bond acceptors (Lipinski definition) is 1. The van der Waals surface area contributed by atoms with Crippen LogP contribution < -0.4 is 0 Å². The highest BCUT2D eigenvalue weighted by atomic mass is 15.2. The molecule has 1 nitrogen and oxygen atoms in total. The molecule has 0 aromatic heterocycles. The molecule has 0 aromatic carbocycles. The van der Waals surface area contributed by atoms with Gasteiger partial charge in [-0.25, -0.2) is 0 Å². The Morgan fingerprint density at radius 2 is 1.75 bits per heavy atom. The molecule has 2 atom stereocenters. The normalized spacial score (nSPS) is 26.4. The first-order chi connectivity index (χ1) is 7.77. The van der Waals surface area contributed by atoms with Crippen molar-refractivity contribution in [2.24, 2.45) is 5.92 Å². The van der Waals surface area contributed by atoms with Crippen LogP contribution in [0, 0.1) is 5.92 Å². The SMILES string of the molecule is CCCCCC[C@@H]1C[C@@H](C)CN1CCCC. The van der Waals surface area contributed by atoms with Gasteiger partial charge in [-0.1, -0.05) is 52.9 Å². The Morgan fingerprint density at radius 3 is 2.44 bits per heavy atom. The molecule has 0 N–H and O–H groups in total. The van der Waals surface area contributed by atoms with Crippen molar-refractivity contribution >= 4 is 0 Å². The summed E-state index contributed by atoms with van der Waals surface area (Å²) in [6.45, 7) is 9.73. The van der Waals surface area contributed by atoms with Crippen LogP contribution in [0.5, 0.6) is 0 Å². The minimum atomic E-state index is 0.915. The average Bonchev–Trinajstić information content (AvgIpc) is 2.62. The Kier molecular flexibility index (Phi) is 7.11. The smallest absolute Gasteiger partial charge is 0.00983 e. The van der Waals surface area contributed by atoms with E-state index in [1.807, 2.05) is 0 Å². The van der Waals surface area contributed by atoms with Crippen LogP contribution in [0.25, 0.3) is 0 Å². The number of nitrogens with zero attached hydrogens (tertiary/aromatic N) is 1. The Morgan fingerprint density at radius 1 is 1.00 bits per heavy atom. The molecule has 0 unspecified atom stereocenters. The van der Waals surface area contributed by atoms with Crippen molar-refractivity contribution in [2.45, 2.75) is 78.2 Å². The number of hydrogen-bond donors (Lipinski definition) is 0. The molecule has 0 spiro atoms. The van der Waals surface area contributed by atoms with Gasteiger partial charge in [-0.05, 0) is 31.7 Å². The molecule has 1 aliphatic heterocycles. The summed E-state index contributed by atoms with van der Waals surface area (Å²) in [5, 5.41) is 0. The van der Waals surface area contributed by atoms with E-state index < -0.39 is 0 Å². The molecule has 0 radical (unpaired) electrons. The molecule has 0 amide bonds. The number of rotatable bonds is 8. The first-order valence-electron chi connectivity index (χ1n) is 7.52. The molecule has 1 rings (SSSR count). The van der Waals surface area contributed by atoms with Gasteiger partial charge in [0.1, 0.15) is 0 Å². The summed E-state index contributed by atoms with van der Waals surface area (Å²) in [5.41, 5.74) is 0. The number of unbranched alkanes of at least 4 members (excludes halogenated alkanes) is 4. The zero-order chi connectivity index (χ0) is 11.8. The third-order valence-corrected chi connectivity index (χ3v) is 3.93. The molecule has 96 valence electrons. The van der Waals surface area contributed by atoms with Gasteiger partial charge in [0.15, 0.2) is 0 Å². The van der Waals surface area contributed by atoms with E-state index in [1.165, 1.54) is 64.5 Å². The highest BCUT2D eigenvalue weighted by Gasteiger charge is 2.28. The van der Waals surface area contributed by atoms with Crippen molar-refractivity contribution in [1.29, 1.82) is 0 Å². The van der Waals surface area contributed by atoms with Crippen LogP contribution in [0.15, 0.2) is 0 Å². The fraction of sp³-hybridized carbons (Fsp3) is 1.00. The van der Waals surface area contributed by atoms with Gasteiger partial charge in [-0.3, -0.25) is 0 Å². The van der Waals surface area contributed by atoms with Crippen molar-refractivity contribution in [2.75, 3.05) is 13.1 Å². The minimum Gasteiger partial charge on any atom is -0.300 e. The van der Waals surface area contributed by atoms with Crippen LogP contribution in [0.1, 0.15) is 72.1 Å². The summed E-state index contributed by atoms with van der Waals surface area (Å²) >= 11 is 0. The molecule has 0 aliphatic carbocycles. The summed E-state index contributed by atoms with van der Waals surface area (Å²) < 4.78 is 0. The van der Waals surface area contributed by atoms with E-state index in [2.05, 4.69) is 25.7 Å². The summed E-state index contributed by atoms with van der Waals surface area (Å²) in [6.07, 6.45) is 11.3. The predicted octanol–water partition coefficient (Wildman–Crippen LogP) is 4.47. The third-order valence-electron chi connectivity index (χ3n) is 3.93. The molecule has 1 heterocycles. The van der Waals surface area contributed by atoms with E-state index in [-0.39, 0.29) is 0 Å². The molecule has 0 saturated carbocycles. The van der Waals surface area contributed by atoms with Crippen LogP contribution in [0.2, 0.25) is 0 Å². The monoisotopic (exact) mass is 225 g/mol. The van der Waals surface area contributed by atoms with E-state index in [0.717, 1.165) is 12.0 Å². The molecular weight excluding hydrogens is 194 g/mol.